The number of H-pyrrole nitrogens is 1. The van der Waals surface area contributed by atoms with Gasteiger partial charge in [0.05, 0.1) is 13.2 Å². The van der Waals surface area contributed by atoms with Crippen LogP contribution in [0.25, 0.3) is 0 Å². The first-order chi connectivity index (χ1) is 11.5. The van der Waals surface area contributed by atoms with Gasteiger partial charge in [0.1, 0.15) is 6.10 Å². The summed E-state index contributed by atoms with van der Waals surface area (Å²) in [6.45, 7) is 5.30. The van der Waals surface area contributed by atoms with Crippen molar-refractivity contribution in [1.82, 2.24) is 24.6 Å². The molecule has 8 heteroatoms. The van der Waals surface area contributed by atoms with Gasteiger partial charge in [-0.15, -0.1) is 0 Å². The van der Waals surface area contributed by atoms with Gasteiger partial charge in [-0.1, -0.05) is 13.8 Å². The average molecular weight is 331 g/mol. The van der Waals surface area contributed by atoms with E-state index >= 15 is 0 Å². The smallest absolute Gasteiger partial charge is 0.254 e. The third-order valence-electron chi connectivity index (χ3n) is 4.05. The molecular weight excluding hydrogens is 310 g/mol. The summed E-state index contributed by atoms with van der Waals surface area (Å²) in [5.41, 5.74) is 0.182. The number of aromatic amines is 1. The number of carbonyl (C=O) groups is 1. The van der Waals surface area contributed by atoms with Crippen molar-refractivity contribution in [2.75, 3.05) is 19.7 Å². The number of ether oxygens (including phenoxy) is 1. The molecule has 24 heavy (non-hydrogen) atoms. The van der Waals surface area contributed by atoms with E-state index in [9.17, 15) is 9.59 Å². The number of aryl methyl sites for hydroxylation is 1. The second-order valence-electron chi connectivity index (χ2n) is 6.21. The molecule has 1 saturated heterocycles. The summed E-state index contributed by atoms with van der Waals surface area (Å²) in [7, 11) is 1.65. The van der Waals surface area contributed by atoms with Gasteiger partial charge in [-0.25, -0.2) is 4.98 Å². The Morgan fingerprint density at radius 3 is 2.92 bits per heavy atom. The summed E-state index contributed by atoms with van der Waals surface area (Å²) < 4.78 is 7.15. The molecule has 0 radical (unpaired) electrons. The molecule has 1 N–H and O–H groups in total. The van der Waals surface area contributed by atoms with Crippen LogP contribution >= 0.6 is 0 Å². The van der Waals surface area contributed by atoms with Crippen LogP contribution in [0.3, 0.4) is 0 Å². The van der Waals surface area contributed by atoms with Crippen LogP contribution in [-0.2, 0) is 11.8 Å². The Labute approximate surface area is 139 Å². The largest absolute Gasteiger partial charge is 0.367 e. The summed E-state index contributed by atoms with van der Waals surface area (Å²) in [4.78, 5) is 30.5. The zero-order valence-corrected chi connectivity index (χ0v) is 14.0. The predicted octanol–water partition coefficient (Wildman–Crippen LogP) is 0.841. The molecule has 3 heterocycles. The summed E-state index contributed by atoms with van der Waals surface area (Å²) in [6.07, 6.45) is 1.26. The van der Waals surface area contributed by atoms with E-state index in [4.69, 9.17) is 4.74 Å². The topological polar surface area (TPSA) is 93.1 Å². The van der Waals surface area contributed by atoms with Crippen LogP contribution in [0.4, 0.5) is 0 Å². The number of morpholine rings is 1. The Bertz CT molecular complexity index is 795. The summed E-state index contributed by atoms with van der Waals surface area (Å²) in [6, 6.07) is 3.01. The van der Waals surface area contributed by atoms with Crippen molar-refractivity contribution in [3.63, 3.8) is 0 Å². The minimum Gasteiger partial charge on any atom is -0.367 e. The van der Waals surface area contributed by atoms with Gasteiger partial charge in [0.25, 0.3) is 11.5 Å². The van der Waals surface area contributed by atoms with Crippen LogP contribution in [0, 0.1) is 0 Å². The third-order valence-corrected chi connectivity index (χ3v) is 4.05. The van der Waals surface area contributed by atoms with Gasteiger partial charge in [-0.3, -0.25) is 14.7 Å². The fraction of sp³-hybridized carbons (Fsp3) is 0.500. The standard InChI is InChI=1S/C16H21N5O3/c1-10(2)14-17-15(19-18-14)12-9-21(6-7-24-12)16(23)11-4-5-20(3)13(22)8-11/h4-5,8,10,12H,6-7,9H2,1-3H3,(H,17,18,19)/t12-/m1/s1. The van der Waals surface area contributed by atoms with Crippen molar-refractivity contribution < 1.29 is 9.53 Å². The van der Waals surface area contributed by atoms with E-state index in [1.165, 1.54) is 10.6 Å². The van der Waals surface area contributed by atoms with Gasteiger partial charge < -0.3 is 14.2 Å². The first-order valence-corrected chi connectivity index (χ1v) is 7.95. The first-order valence-electron chi connectivity index (χ1n) is 7.95. The van der Waals surface area contributed by atoms with Gasteiger partial charge in [0.2, 0.25) is 0 Å². The van der Waals surface area contributed by atoms with E-state index in [0.717, 1.165) is 5.82 Å². The zero-order chi connectivity index (χ0) is 17.3. The lowest BCUT2D eigenvalue weighted by atomic mass is 10.2. The van der Waals surface area contributed by atoms with E-state index in [1.807, 2.05) is 13.8 Å². The van der Waals surface area contributed by atoms with Gasteiger partial charge in [0, 0.05) is 37.3 Å². The summed E-state index contributed by atoms with van der Waals surface area (Å²) >= 11 is 0. The van der Waals surface area contributed by atoms with Crippen molar-refractivity contribution in [2.24, 2.45) is 7.05 Å². The Kier molecular flexibility index (Phi) is 4.48. The number of aromatic nitrogens is 4. The molecule has 1 aliphatic heterocycles. The average Bonchev–Trinajstić information content (AvgIpc) is 3.07. The van der Waals surface area contributed by atoms with E-state index < -0.39 is 0 Å². The molecule has 0 spiro atoms. The highest BCUT2D eigenvalue weighted by Gasteiger charge is 2.28. The molecular formula is C16H21N5O3. The second-order valence-corrected chi connectivity index (χ2v) is 6.21. The highest BCUT2D eigenvalue weighted by molar-refractivity contribution is 5.94. The molecule has 0 saturated carbocycles. The first kappa shape index (κ1) is 16.4. The number of pyridine rings is 1. The monoisotopic (exact) mass is 331 g/mol. The fourth-order valence-corrected chi connectivity index (χ4v) is 2.55. The maximum Gasteiger partial charge on any atom is 0.254 e. The minimum absolute atomic E-state index is 0.176. The molecule has 0 aliphatic carbocycles. The van der Waals surface area contributed by atoms with Gasteiger partial charge >= 0.3 is 0 Å². The normalized spacial score (nSPS) is 18.2. The van der Waals surface area contributed by atoms with Crippen LogP contribution in [0.2, 0.25) is 0 Å². The molecule has 1 atom stereocenters. The SMILES string of the molecule is CC(C)c1n[nH]c([C@H]2CN(C(=O)c3ccn(C)c(=O)c3)CCO2)n1. The van der Waals surface area contributed by atoms with Crippen molar-refractivity contribution in [3.05, 3.63) is 45.9 Å². The Morgan fingerprint density at radius 2 is 2.25 bits per heavy atom. The van der Waals surface area contributed by atoms with E-state index in [-0.39, 0.29) is 23.5 Å². The quantitative estimate of drug-likeness (QED) is 0.899. The lowest BCUT2D eigenvalue weighted by molar-refractivity contribution is -0.0267. The van der Waals surface area contributed by atoms with Crippen molar-refractivity contribution in [3.8, 4) is 0 Å². The molecule has 1 aliphatic rings. The maximum atomic E-state index is 12.6. The molecule has 0 bridgehead atoms. The summed E-state index contributed by atoms with van der Waals surface area (Å²) in [5, 5.41) is 7.07. The molecule has 2 aromatic heterocycles. The van der Waals surface area contributed by atoms with Crippen LogP contribution in [0.1, 0.15) is 47.9 Å². The number of nitrogens with zero attached hydrogens (tertiary/aromatic N) is 4. The van der Waals surface area contributed by atoms with E-state index in [0.29, 0.717) is 31.1 Å². The number of carbonyl (C=O) groups excluding carboxylic acids is 1. The predicted molar refractivity (Wildman–Crippen MR) is 86.8 cm³/mol. The van der Waals surface area contributed by atoms with Crippen LogP contribution in [0.15, 0.2) is 23.1 Å². The number of rotatable bonds is 3. The summed E-state index contributed by atoms with van der Waals surface area (Å²) in [5.74, 6) is 1.39. The Balaban J connectivity index is 1.75. The number of hydrogen-bond acceptors (Lipinski definition) is 5. The number of hydrogen-bond donors (Lipinski definition) is 1. The van der Waals surface area contributed by atoms with Crippen molar-refractivity contribution in [1.29, 1.82) is 0 Å². The molecule has 128 valence electrons. The maximum absolute atomic E-state index is 12.6. The molecule has 1 fully saturated rings. The zero-order valence-electron chi connectivity index (χ0n) is 14.0. The van der Waals surface area contributed by atoms with Crippen LogP contribution < -0.4 is 5.56 Å². The van der Waals surface area contributed by atoms with Gasteiger partial charge in [0.15, 0.2) is 11.6 Å². The lowest BCUT2D eigenvalue weighted by Gasteiger charge is -2.31. The van der Waals surface area contributed by atoms with Gasteiger partial charge in [-0.2, -0.15) is 5.10 Å². The highest BCUT2D eigenvalue weighted by Crippen LogP contribution is 2.21. The fourth-order valence-electron chi connectivity index (χ4n) is 2.55. The Hall–Kier alpha value is -2.48. The third kappa shape index (κ3) is 3.23. The van der Waals surface area contributed by atoms with Crippen LogP contribution in [0.5, 0.6) is 0 Å². The van der Waals surface area contributed by atoms with Gasteiger partial charge in [-0.05, 0) is 6.07 Å². The highest BCUT2D eigenvalue weighted by atomic mass is 16.5. The molecule has 2 aromatic rings. The molecule has 1 amide bonds. The molecule has 8 nitrogen and oxygen atoms in total. The van der Waals surface area contributed by atoms with Crippen molar-refractivity contribution >= 4 is 5.91 Å². The van der Waals surface area contributed by atoms with E-state index in [2.05, 4.69) is 15.2 Å². The number of amides is 1. The minimum atomic E-state index is -0.339. The number of nitrogens with one attached hydrogen (secondary N) is 1. The van der Waals surface area contributed by atoms with E-state index in [1.54, 1.807) is 24.2 Å². The lowest BCUT2D eigenvalue weighted by Crippen LogP contribution is -2.42. The van der Waals surface area contributed by atoms with Crippen LogP contribution in [-0.4, -0.2) is 50.3 Å². The second kappa shape index (κ2) is 6.56. The van der Waals surface area contributed by atoms with Crippen molar-refractivity contribution in [2.45, 2.75) is 25.9 Å². The molecule has 0 aromatic carbocycles. The molecule has 0 unspecified atom stereocenters. The molecule has 3 rings (SSSR count). The Morgan fingerprint density at radius 1 is 1.46 bits per heavy atom.